The molecule has 1 aliphatic carbocycles. The standard InChI is InChI=1S/C13H15ClN2O3/c1-2-8-15(9-6-7-9)13(17)10-4-3-5-11(14)12(10)16(18)19/h3-5,9H,2,6-8H2,1H3. The van der Waals surface area contributed by atoms with Crippen LogP contribution in [0.3, 0.4) is 0 Å². The molecule has 1 aromatic rings. The topological polar surface area (TPSA) is 63.5 Å². The summed E-state index contributed by atoms with van der Waals surface area (Å²) in [6, 6.07) is 4.69. The van der Waals surface area contributed by atoms with Gasteiger partial charge in [-0.15, -0.1) is 0 Å². The Kier molecular flexibility index (Phi) is 4.04. The molecule has 1 aliphatic rings. The summed E-state index contributed by atoms with van der Waals surface area (Å²) in [5.74, 6) is -0.293. The summed E-state index contributed by atoms with van der Waals surface area (Å²) >= 11 is 5.83. The van der Waals surface area contributed by atoms with Gasteiger partial charge in [0.2, 0.25) is 0 Å². The molecule has 0 heterocycles. The van der Waals surface area contributed by atoms with Crippen molar-refractivity contribution in [2.45, 2.75) is 32.2 Å². The number of nitro groups is 1. The molecule has 2 rings (SSSR count). The first-order valence-electron chi connectivity index (χ1n) is 6.30. The van der Waals surface area contributed by atoms with Gasteiger partial charge in [-0.3, -0.25) is 14.9 Å². The van der Waals surface area contributed by atoms with Gasteiger partial charge in [-0.1, -0.05) is 24.6 Å². The van der Waals surface area contributed by atoms with Gasteiger partial charge in [0.25, 0.3) is 5.91 Å². The maximum Gasteiger partial charge on any atom is 0.300 e. The molecule has 0 saturated heterocycles. The highest BCUT2D eigenvalue weighted by Gasteiger charge is 2.35. The van der Waals surface area contributed by atoms with Gasteiger partial charge < -0.3 is 4.90 Å². The Morgan fingerprint density at radius 2 is 2.21 bits per heavy atom. The molecule has 19 heavy (non-hydrogen) atoms. The Labute approximate surface area is 116 Å². The van der Waals surface area contributed by atoms with Crippen LogP contribution in [0.15, 0.2) is 18.2 Å². The van der Waals surface area contributed by atoms with Crippen molar-refractivity contribution in [2.75, 3.05) is 6.54 Å². The Morgan fingerprint density at radius 1 is 1.53 bits per heavy atom. The van der Waals surface area contributed by atoms with Crippen LogP contribution >= 0.6 is 11.6 Å². The number of benzene rings is 1. The molecule has 0 spiro atoms. The van der Waals surface area contributed by atoms with Gasteiger partial charge >= 0.3 is 5.69 Å². The number of carbonyl (C=O) groups excluding carboxylic acids is 1. The lowest BCUT2D eigenvalue weighted by Gasteiger charge is -2.21. The van der Waals surface area contributed by atoms with Crippen LogP contribution in [0.2, 0.25) is 5.02 Å². The second-order valence-electron chi connectivity index (χ2n) is 4.62. The van der Waals surface area contributed by atoms with Crippen molar-refractivity contribution in [1.29, 1.82) is 0 Å². The van der Waals surface area contributed by atoms with Crippen LogP contribution in [0.5, 0.6) is 0 Å². The normalized spacial score (nSPS) is 14.2. The first kappa shape index (κ1) is 13.8. The van der Waals surface area contributed by atoms with E-state index < -0.39 is 4.92 Å². The zero-order chi connectivity index (χ0) is 14.0. The summed E-state index contributed by atoms with van der Waals surface area (Å²) < 4.78 is 0. The van der Waals surface area contributed by atoms with E-state index >= 15 is 0 Å². The van der Waals surface area contributed by atoms with Crippen LogP contribution in [0, 0.1) is 10.1 Å². The van der Waals surface area contributed by atoms with Crippen LogP contribution in [-0.2, 0) is 0 Å². The number of para-hydroxylation sites is 1. The zero-order valence-corrected chi connectivity index (χ0v) is 11.4. The second kappa shape index (κ2) is 5.57. The third kappa shape index (κ3) is 2.87. The summed E-state index contributed by atoms with van der Waals surface area (Å²) in [7, 11) is 0. The fourth-order valence-corrected chi connectivity index (χ4v) is 2.35. The van der Waals surface area contributed by atoms with E-state index in [2.05, 4.69) is 0 Å². The lowest BCUT2D eigenvalue weighted by molar-refractivity contribution is -0.385. The van der Waals surface area contributed by atoms with Crippen LogP contribution in [0.1, 0.15) is 36.5 Å². The number of hydrogen-bond acceptors (Lipinski definition) is 3. The van der Waals surface area contributed by atoms with Crippen molar-refractivity contribution in [3.05, 3.63) is 38.9 Å². The fraction of sp³-hybridized carbons (Fsp3) is 0.462. The number of amides is 1. The van der Waals surface area contributed by atoms with E-state index in [4.69, 9.17) is 11.6 Å². The SMILES string of the molecule is CCCN(C(=O)c1cccc(Cl)c1[N+](=O)[O-])C1CC1. The van der Waals surface area contributed by atoms with Crippen LogP contribution in [0.4, 0.5) is 5.69 Å². The third-order valence-corrected chi connectivity index (χ3v) is 3.42. The monoisotopic (exact) mass is 282 g/mol. The molecule has 102 valence electrons. The van der Waals surface area contributed by atoms with E-state index in [1.165, 1.54) is 12.1 Å². The highest BCUT2D eigenvalue weighted by molar-refractivity contribution is 6.33. The summed E-state index contributed by atoms with van der Waals surface area (Å²) in [5, 5.41) is 11.1. The number of rotatable bonds is 5. The quantitative estimate of drug-likeness (QED) is 0.615. The van der Waals surface area contributed by atoms with Crippen molar-refractivity contribution < 1.29 is 9.72 Å². The molecule has 1 amide bonds. The van der Waals surface area contributed by atoms with E-state index in [-0.39, 0.29) is 28.2 Å². The minimum Gasteiger partial charge on any atom is -0.335 e. The molecule has 0 radical (unpaired) electrons. The molecule has 6 heteroatoms. The van der Waals surface area contributed by atoms with Crippen LogP contribution in [-0.4, -0.2) is 28.3 Å². The predicted molar refractivity (Wildman–Crippen MR) is 72.5 cm³/mol. The highest BCUT2D eigenvalue weighted by Crippen LogP contribution is 2.33. The molecule has 1 fully saturated rings. The Balaban J connectivity index is 2.37. The van der Waals surface area contributed by atoms with Gasteiger partial charge in [0, 0.05) is 12.6 Å². The van der Waals surface area contributed by atoms with Crippen molar-refractivity contribution >= 4 is 23.2 Å². The Morgan fingerprint density at radius 3 is 2.74 bits per heavy atom. The van der Waals surface area contributed by atoms with Gasteiger partial charge in [-0.05, 0) is 31.4 Å². The highest BCUT2D eigenvalue weighted by atomic mass is 35.5. The van der Waals surface area contributed by atoms with Gasteiger partial charge in [-0.2, -0.15) is 0 Å². The molecule has 1 aromatic carbocycles. The number of nitrogens with zero attached hydrogens (tertiary/aromatic N) is 2. The minimum atomic E-state index is -0.591. The maximum atomic E-state index is 12.5. The van der Waals surface area contributed by atoms with Gasteiger partial charge in [0.15, 0.2) is 0 Å². The molecule has 1 saturated carbocycles. The number of halogens is 1. The fourth-order valence-electron chi connectivity index (χ4n) is 2.11. The molecular formula is C13H15ClN2O3. The largest absolute Gasteiger partial charge is 0.335 e. The van der Waals surface area contributed by atoms with Crippen molar-refractivity contribution in [3.8, 4) is 0 Å². The smallest absolute Gasteiger partial charge is 0.300 e. The van der Waals surface area contributed by atoms with E-state index in [0.29, 0.717) is 6.54 Å². The average molecular weight is 283 g/mol. The van der Waals surface area contributed by atoms with Gasteiger partial charge in [0.1, 0.15) is 10.6 Å². The molecule has 0 aliphatic heterocycles. The number of carbonyl (C=O) groups is 1. The lowest BCUT2D eigenvalue weighted by atomic mass is 10.1. The summed E-state index contributed by atoms with van der Waals surface area (Å²) in [5.41, 5.74) is -0.214. The third-order valence-electron chi connectivity index (χ3n) is 3.11. The maximum absolute atomic E-state index is 12.5. The minimum absolute atomic E-state index is 0.00287. The summed E-state index contributed by atoms with van der Waals surface area (Å²) in [6.07, 6.45) is 2.77. The lowest BCUT2D eigenvalue weighted by Crippen LogP contribution is -2.34. The molecule has 0 aromatic heterocycles. The van der Waals surface area contributed by atoms with Crippen molar-refractivity contribution in [1.82, 2.24) is 4.90 Å². The van der Waals surface area contributed by atoms with Crippen molar-refractivity contribution in [2.24, 2.45) is 0 Å². The molecule has 5 nitrogen and oxygen atoms in total. The first-order chi connectivity index (χ1) is 9.06. The molecular weight excluding hydrogens is 268 g/mol. The average Bonchev–Trinajstić information content (AvgIpc) is 3.18. The van der Waals surface area contributed by atoms with E-state index in [1.807, 2.05) is 6.92 Å². The van der Waals surface area contributed by atoms with Gasteiger partial charge in [-0.25, -0.2) is 0 Å². The first-order valence-corrected chi connectivity index (χ1v) is 6.68. The molecule has 0 unspecified atom stereocenters. The van der Waals surface area contributed by atoms with E-state index in [0.717, 1.165) is 19.3 Å². The summed E-state index contributed by atoms with van der Waals surface area (Å²) in [6.45, 7) is 2.60. The Hall–Kier alpha value is -1.62. The predicted octanol–water partition coefficient (Wildman–Crippen LogP) is 3.26. The summed E-state index contributed by atoms with van der Waals surface area (Å²) in [4.78, 5) is 24.7. The number of hydrogen-bond donors (Lipinski definition) is 0. The zero-order valence-electron chi connectivity index (χ0n) is 10.6. The molecule has 0 atom stereocenters. The molecule has 0 N–H and O–H groups in total. The van der Waals surface area contributed by atoms with Crippen LogP contribution < -0.4 is 0 Å². The van der Waals surface area contributed by atoms with Crippen LogP contribution in [0.25, 0.3) is 0 Å². The Bertz CT molecular complexity index is 515. The molecule has 0 bridgehead atoms. The van der Waals surface area contributed by atoms with Gasteiger partial charge in [0.05, 0.1) is 4.92 Å². The van der Waals surface area contributed by atoms with E-state index in [1.54, 1.807) is 11.0 Å². The van der Waals surface area contributed by atoms with E-state index in [9.17, 15) is 14.9 Å². The number of nitro benzene ring substituents is 1. The second-order valence-corrected chi connectivity index (χ2v) is 5.03. The van der Waals surface area contributed by atoms with Crippen molar-refractivity contribution in [3.63, 3.8) is 0 Å².